The standard InChI is InChI=1S/C13H20N2O2.C2H2O4/c1-3-13(15(14)10-16)11(2)17-9-12-7-5-4-6-8-12;3-1(4)2(5)6/h4-8,10-11,13H,3,9,14H2,1-2H3;(H,3,4)(H,5,6)/t11-,13-;/m0./s1. The van der Waals surface area contributed by atoms with E-state index >= 15 is 0 Å². The van der Waals surface area contributed by atoms with Crippen LogP contribution in [0.25, 0.3) is 0 Å². The van der Waals surface area contributed by atoms with Crippen LogP contribution in [0, 0.1) is 0 Å². The van der Waals surface area contributed by atoms with Crippen molar-refractivity contribution >= 4 is 18.3 Å². The van der Waals surface area contributed by atoms with E-state index in [0.29, 0.717) is 13.0 Å². The topological polar surface area (TPSA) is 130 Å². The number of nitrogens with two attached hydrogens (primary N) is 1. The average Bonchev–Trinajstić information content (AvgIpc) is 2.54. The van der Waals surface area contributed by atoms with Gasteiger partial charge in [0.15, 0.2) is 0 Å². The second kappa shape index (κ2) is 11.2. The zero-order chi connectivity index (χ0) is 17.8. The monoisotopic (exact) mass is 326 g/mol. The molecule has 0 heterocycles. The molecule has 0 unspecified atom stereocenters. The number of carboxylic acids is 2. The van der Waals surface area contributed by atoms with Crippen LogP contribution in [0.4, 0.5) is 0 Å². The summed E-state index contributed by atoms with van der Waals surface area (Å²) in [6.07, 6.45) is 1.32. The zero-order valence-electron chi connectivity index (χ0n) is 13.1. The van der Waals surface area contributed by atoms with Crippen LogP contribution in [-0.2, 0) is 25.7 Å². The van der Waals surface area contributed by atoms with Gasteiger partial charge in [-0.15, -0.1) is 0 Å². The van der Waals surface area contributed by atoms with Crippen molar-refractivity contribution in [1.29, 1.82) is 0 Å². The molecule has 0 saturated heterocycles. The van der Waals surface area contributed by atoms with Crippen LogP contribution >= 0.6 is 0 Å². The summed E-state index contributed by atoms with van der Waals surface area (Å²) in [5, 5.41) is 16.0. The third-order valence-corrected chi connectivity index (χ3v) is 3.00. The van der Waals surface area contributed by atoms with Crippen LogP contribution in [0.2, 0.25) is 0 Å². The molecule has 0 saturated carbocycles. The van der Waals surface area contributed by atoms with Crippen LogP contribution in [0.3, 0.4) is 0 Å². The predicted octanol–water partition coefficient (Wildman–Crippen LogP) is 0.858. The van der Waals surface area contributed by atoms with Gasteiger partial charge < -0.3 is 14.9 Å². The number of benzene rings is 1. The number of nitrogens with zero attached hydrogens (tertiary/aromatic N) is 1. The fraction of sp³-hybridized carbons (Fsp3) is 0.400. The zero-order valence-corrected chi connectivity index (χ0v) is 13.1. The summed E-state index contributed by atoms with van der Waals surface area (Å²) >= 11 is 0. The van der Waals surface area contributed by atoms with Crippen LogP contribution in [-0.4, -0.2) is 45.7 Å². The van der Waals surface area contributed by atoms with Crippen molar-refractivity contribution in [1.82, 2.24) is 5.01 Å². The van der Waals surface area contributed by atoms with Crippen LogP contribution in [0.1, 0.15) is 25.8 Å². The maximum Gasteiger partial charge on any atom is 0.414 e. The molecule has 1 rings (SSSR count). The Bertz CT molecular complexity index is 482. The van der Waals surface area contributed by atoms with Gasteiger partial charge in [-0.2, -0.15) is 0 Å². The molecule has 8 heteroatoms. The summed E-state index contributed by atoms with van der Waals surface area (Å²) in [6, 6.07) is 9.84. The molecule has 23 heavy (non-hydrogen) atoms. The van der Waals surface area contributed by atoms with Gasteiger partial charge in [0.1, 0.15) is 0 Å². The molecule has 4 N–H and O–H groups in total. The number of carbonyl (C=O) groups is 3. The van der Waals surface area contributed by atoms with Crippen molar-refractivity contribution in [2.24, 2.45) is 5.84 Å². The third kappa shape index (κ3) is 8.54. The summed E-state index contributed by atoms with van der Waals surface area (Å²) < 4.78 is 5.72. The maximum atomic E-state index is 10.6. The predicted molar refractivity (Wildman–Crippen MR) is 82.1 cm³/mol. The number of carboxylic acid groups (broad SMARTS) is 2. The normalized spacial score (nSPS) is 12.3. The van der Waals surface area contributed by atoms with E-state index in [4.69, 9.17) is 30.4 Å². The van der Waals surface area contributed by atoms with Gasteiger partial charge in [0.05, 0.1) is 18.8 Å². The Morgan fingerprint density at radius 2 is 1.78 bits per heavy atom. The Balaban J connectivity index is 0.000000688. The molecular formula is C15H22N2O6. The molecule has 1 aromatic carbocycles. The first-order chi connectivity index (χ1) is 10.8. The molecule has 8 nitrogen and oxygen atoms in total. The van der Waals surface area contributed by atoms with Crippen LogP contribution in [0.5, 0.6) is 0 Å². The van der Waals surface area contributed by atoms with Gasteiger partial charge in [0, 0.05) is 0 Å². The molecule has 0 bridgehead atoms. The second-order valence-corrected chi connectivity index (χ2v) is 4.64. The van der Waals surface area contributed by atoms with Crippen molar-refractivity contribution in [3.8, 4) is 0 Å². The number of hydrazine groups is 1. The SMILES string of the molecule is CC[C@@H]([C@H](C)OCc1ccccc1)N(N)C=O.O=C(O)C(=O)O. The minimum absolute atomic E-state index is 0.0868. The molecule has 1 amide bonds. The molecule has 128 valence electrons. The summed E-state index contributed by atoms with van der Waals surface area (Å²) in [6.45, 7) is 4.45. The summed E-state index contributed by atoms with van der Waals surface area (Å²) in [5.74, 6) is 1.93. The molecule has 0 aliphatic rings. The highest BCUT2D eigenvalue weighted by Gasteiger charge is 2.20. The van der Waals surface area contributed by atoms with E-state index in [1.165, 1.54) is 5.01 Å². The lowest BCUT2D eigenvalue weighted by Gasteiger charge is -2.28. The first-order valence-electron chi connectivity index (χ1n) is 6.93. The van der Waals surface area contributed by atoms with E-state index < -0.39 is 11.9 Å². The minimum Gasteiger partial charge on any atom is -0.473 e. The highest BCUT2D eigenvalue weighted by Crippen LogP contribution is 2.10. The second-order valence-electron chi connectivity index (χ2n) is 4.64. The third-order valence-electron chi connectivity index (χ3n) is 3.00. The fourth-order valence-corrected chi connectivity index (χ4v) is 1.78. The van der Waals surface area contributed by atoms with Gasteiger partial charge in [0.2, 0.25) is 6.41 Å². The van der Waals surface area contributed by atoms with E-state index in [-0.39, 0.29) is 12.1 Å². The molecule has 0 aromatic heterocycles. The van der Waals surface area contributed by atoms with E-state index in [2.05, 4.69) is 0 Å². The number of hydrogen-bond donors (Lipinski definition) is 3. The smallest absolute Gasteiger partial charge is 0.414 e. The lowest BCUT2D eigenvalue weighted by molar-refractivity contribution is -0.159. The van der Waals surface area contributed by atoms with E-state index in [1.807, 2.05) is 44.2 Å². The first kappa shape index (κ1) is 20.6. The summed E-state index contributed by atoms with van der Waals surface area (Å²) in [4.78, 5) is 28.8. The number of hydrogen-bond acceptors (Lipinski definition) is 5. The number of rotatable bonds is 7. The Hall–Kier alpha value is -2.45. The number of amides is 1. The molecule has 0 spiro atoms. The van der Waals surface area contributed by atoms with Crippen molar-refractivity contribution < 1.29 is 29.3 Å². The Kier molecular flexibility index (Phi) is 9.97. The quantitative estimate of drug-likeness (QED) is 0.223. The highest BCUT2D eigenvalue weighted by atomic mass is 16.5. The molecule has 0 aliphatic carbocycles. The van der Waals surface area contributed by atoms with E-state index in [0.717, 1.165) is 12.0 Å². The van der Waals surface area contributed by atoms with Gasteiger partial charge in [-0.3, -0.25) is 9.80 Å². The van der Waals surface area contributed by atoms with Crippen LogP contribution < -0.4 is 5.84 Å². The first-order valence-corrected chi connectivity index (χ1v) is 6.93. The van der Waals surface area contributed by atoms with E-state index in [9.17, 15) is 4.79 Å². The van der Waals surface area contributed by atoms with Gasteiger partial charge in [0.25, 0.3) is 0 Å². The van der Waals surface area contributed by atoms with Gasteiger partial charge in [-0.05, 0) is 18.9 Å². The van der Waals surface area contributed by atoms with Gasteiger partial charge >= 0.3 is 11.9 Å². The molecule has 2 atom stereocenters. The van der Waals surface area contributed by atoms with Crippen molar-refractivity contribution in [2.45, 2.75) is 39.0 Å². The summed E-state index contributed by atoms with van der Waals surface area (Å²) in [7, 11) is 0. The van der Waals surface area contributed by atoms with Gasteiger partial charge in [-0.1, -0.05) is 37.3 Å². The number of carbonyl (C=O) groups excluding carboxylic acids is 1. The Labute approximate surface area is 134 Å². The molecular weight excluding hydrogens is 304 g/mol. The fourth-order valence-electron chi connectivity index (χ4n) is 1.78. The average molecular weight is 326 g/mol. The Morgan fingerprint density at radius 1 is 1.26 bits per heavy atom. The van der Waals surface area contributed by atoms with Crippen LogP contribution in [0.15, 0.2) is 30.3 Å². The van der Waals surface area contributed by atoms with Crippen molar-refractivity contribution in [3.63, 3.8) is 0 Å². The maximum absolute atomic E-state index is 10.6. The highest BCUT2D eigenvalue weighted by molar-refractivity contribution is 6.27. The lowest BCUT2D eigenvalue weighted by Crippen LogP contribution is -2.46. The largest absolute Gasteiger partial charge is 0.473 e. The van der Waals surface area contributed by atoms with Gasteiger partial charge in [-0.25, -0.2) is 15.4 Å². The molecule has 1 aromatic rings. The molecule has 0 aliphatic heterocycles. The number of ether oxygens (including phenoxy) is 1. The van der Waals surface area contributed by atoms with Crippen molar-refractivity contribution in [3.05, 3.63) is 35.9 Å². The molecule has 0 fully saturated rings. The lowest BCUT2D eigenvalue weighted by atomic mass is 10.1. The van der Waals surface area contributed by atoms with Crippen molar-refractivity contribution in [2.75, 3.05) is 0 Å². The van der Waals surface area contributed by atoms with E-state index in [1.54, 1.807) is 0 Å². The Morgan fingerprint density at radius 3 is 2.17 bits per heavy atom. The number of aliphatic carboxylic acids is 2. The summed E-state index contributed by atoms with van der Waals surface area (Å²) in [5.41, 5.74) is 1.11. The molecule has 0 radical (unpaired) electrons. The minimum atomic E-state index is -1.82.